The summed E-state index contributed by atoms with van der Waals surface area (Å²) in [6.07, 6.45) is 0.579. The van der Waals surface area contributed by atoms with Gasteiger partial charge in [-0.1, -0.05) is 6.07 Å². The summed E-state index contributed by atoms with van der Waals surface area (Å²) >= 11 is 0. The Morgan fingerprint density at radius 3 is 2.40 bits per heavy atom. The fraction of sp³-hybridized carbons (Fsp3) is 0.462. The molecule has 0 fully saturated rings. The molecule has 0 saturated heterocycles. The van der Waals surface area contributed by atoms with Gasteiger partial charge >= 0.3 is 5.97 Å². The van der Waals surface area contributed by atoms with Crippen molar-refractivity contribution < 1.29 is 22.7 Å². The van der Waals surface area contributed by atoms with E-state index < -0.39 is 16.0 Å². The summed E-state index contributed by atoms with van der Waals surface area (Å²) in [6.45, 7) is 4.04. The number of carbonyl (C=O) groups excluding carboxylic acids is 1. The highest BCUT2D eigenvalue weighted by Crippen LogP contribution is 2.20. The van der Waals surface area contributed by atoms with Crippen molar-refractivity contribution in [2.75, 3.05) is 20.3 Å². The normalized spacial score (nSPS) is 11.4. The fourth-order valence-corrected chi connectivity index (χ4v) is 2.59. The van der Waals surface area contributed by atoms with Gasteiger partial charge in [0, 0.05) is 20.1 Å². The summed E-state index contributed by atoms with van der Waals surface area (Å²) in [7, 11) is -2.30. The van der Waals surface area contributed by atoms with Crippen LogP contribution in [0.4, 0.5) is 0 Å². The molecule has 0 aromatic heterocycles. The molecule has 20 heavy (non-hydrogen) atoms. The molecule has 0 heterocycles. The SMILES string of the molecule is COCCCOC(=O)c1cc(S(N)(=O)=O)c(C)cc1C. The highest BCUT2D eigenvalue weighted by Gasteiger charge is 2.18. The molecule has 7 heteroatoms. The molecule has 0 bridgehead atoms. The Bertz CT molecular complexity index is 595. The number of primary sulfonamides is 1. The third kappa shape index (κ3) is 4.29. The lowest BCUT2D eigenvalue weighted by molar-refractivity contribution is 0.0467. The molecule has 0 aliphatic rings. The Morgan fingerprint density at radius 2 is 1.85 bits per heavy atom. The number of aryl methyl sites for hydroxylation is 2. The number of nitrogens with two attached hydrogens (primary N) is 1. The zero-order valence-electron chi connectivity index (χ0n) is 11.8. The molecule has 1 aromatic carbocycles. The third-order valence-corrected chi connectivity index (χ3v) is 3.83. The van der Waals surface area contributed by atoms with E-state index in [-0.39, 0.29) is 17.1 Å². The molecular formula is C13H19NO5S. The Balaban J connectivity index is 2.98. The molecule has 6 nitrogen and oxygen atoms in total. The number of methoxy groups -OCH3 is 1. The van der Waals surface area contributed by atoms with Gasteiger partial charge in [0.1, 0.15) is 0 Å². The first-order chi connectivity index (χ1) is 9.27. The molecule has 112 valence electrons. The lowest BCUT2D eigenvalue weighted by Gasteiger charge is -2.11. The van der Waals surface area contributed by atoms with Crippen LogP contribution in [0, 0.1) is 13.8 Å². The summed E-state index contributed by atoms with van der Waals surface area (Å²) in [5.41, 5.74) is 1.35. The van der Waals surface area contributed by atoms with Crippen LogP contribution in [0.25, 0.3) is 0 Å². The van der Waals surface area contributed by atoms with Crippen LogP contribution in [-0.4, -0.2) is 34.7 Å². The molecule has 0 amide bonds. The molecule has 2 N–H and O–H groups in total. The van der Waals surface area contributed by atoms with Gasteiger partial charge in [0.25, 0.3) is 0 Å². The van der Waals surface area contributed by atoms with Gasteiger partial charge in [0.05, 0.1) is 17.1 Å². The first-order valence-electron chi connectivity index (χ1n) is 6.07. The van der Waals surface area contributed by atoms with Gasteiger partial charge in [0.2, 0.25) is 10.0 Å². The average molecular weight is 301 g/mol. The molecule has 1 aromatic rings. The molecule has 0 saturated carbocycles. The predicted molar refractivity (Wildman–Crippen MR) is 74.1 cm³/mol. The second kappa shape index (κ2) is 6.83. The number of rotatable bonds is 6. The lowest BCUT2D eigenvalue weighted by atomic mass is 10.1. The van der Waals surface area contributed by atoms with E-state index >= 15 is 0 Å². The van der Waals surface area contributed by atoms with E-state index in [4.69, 9.17) is 14.6 Å². The predicted octanol–water partition coefficient (Wildman–Crippen LogP) is 1.14. The average Bonchev–Trinajstić information content (AvgIpc) is 2.32. The Morgan fingerprint density at radius 1 is 1.20 bits per heavy atom. The molecule has 0 aliphatic heterocycles. The van der Waals surface area contributed by atoms with E-state index in [1.165, 1.54) is 6.07 Å². The zero-order valence-corrected chi connectivity index (χ0v) is 12.6. The quantitative estimate of drug-likeness (QED) is 0.628. The van der Waals surface area contributed by atoms with Crippen molar-refractivity contribution in [3.63, 3.8) is 0 Å². The van der Waals surface area contributed by atoms with E-state index in [1.807, 2.05) is 0 Å². The van der Waals surface area contributed by atoms with Crippen molar-refractivity contribution in [3.8, 4) is 0 Å². The van der Waals surface area contributed by atoms with Gasteiger partial charge in [-0.15, -0.1) is 0 Å². The monoisotopic (exact) mass is 301 g/mol. The minimum Gasteiger partial charge on any atom is -0.462 e. The van der Waals surface area contributed by atoms with Gasteiger partial charge < -0.3 is 9.47 Å². The van der Waals surface area contributed by atoms with Crippen LogP contribution in [0.2, 0.25) is 0 Å². The Labute approximate surface area is 118 Å². The van der Waals surface area contributed by atoms with Gasteiger partial charge in [-0.2, -0.15) is 0 Å². The number of benzene rings is 1. The van der Waals surface area contributed by atoms with Crippen LogP contribution < -0.4 is 5.14 Å². The minimum absolute atomic E-state index is 0.0630. The molecule has 0 aliphatic carbocycles. The van der Waals surface area contributed by atoms with Crippen LogP contribution in [0.1, 0.15) is 27.9 Å². The van der Waals surface area contributed by atoms with E-state index in [2.05, 4.69) is 0 Å². The summed E-state index contributed by atoms with van der Waals surface area (Å²) < 4.78 is 32.8. The van der Waals surface area contributed by atoms with Crippen molar-refractivity contribution in [2.45, 2.75) is 25.2 Å². The summed E-state index contributed by atoms with van der Waals surface area (Å²) in [4.78, 5) is 11.9. The van der Waals surface area contributed by atoms with Crippen LogP contribution in [0.15, 0.2) is 17.0 Å². The molecule has 0 atom stereocenters. The second-order valence-electron chi connectivity index (χ2n) is 4.46. The summed E-state index contributed by atoms with van der Waals surface area (Å²) in [6, 6.07) is 2.87. The molecule has 1 rings (SSSR count). The fourth-order valence-electron chi connectivity index (χ4n) is 1.80. The number of sulfonamides is 1. The maximum Gasteiger partial charge on any atom is 0.338 e. The van der Waals surface area contributed by atoms with E-state index in [0.29, 0.717) is 24.2 Å². The van der Waals surface area contributed by atoms with Crippen molar-refractivity contribution in [1.82, 2.24) is 0 Å². The van der Waals surface area contributed by atoms with E-state index in [9.17, 15) is 13.2 Å². The highest BCUT2D eigenvalue weighted by atomic mass is 32.2. The van der Waals surface area contributed by atoms with Crippen LogP contribution in [0.5, 0.6) is 0 Å². The lowest BCUT2D eigenvalue weighted by Crippen LogP contribution is -2.16. The van der Waals surface area contributed by atoms with E-state index in [1.54, 1.807) is 27.0 Å². The van der Waals surface area contributed by atoms with Crippen LogP contribution in [0.3, 0.4) is 0 Å². The van der Waals surface area contributed by atoms with Crippen LogP contribution in [-0.2, 0) is 19.5 Å². The topological polar surface area (TPSA) is 95.7 Å². The largest absolute Gasteiger partial charge is 0.462 e. The molecular weight excluding hydrogens is 282 g/mol. The minimum atomic E-state index is -3.86. The molecule has 0 spiro atoms. The van der Waals surface area contributed by atoms with Gasteiger partial charge in [-0.25, -0.2) is 18.4 Å². The van der Waals surface area contributed by atoms with Crippen molar-refractivity contribution in [3.05, 3.63) is 28.8 Å². The Hall–Kier alpha value is -1.44. The van der Waals surface area contributed by atoms with Crippen molar-refractivity contribution in [1.29, 1.82) is 0 Å². The standard InChI is InChI=1S/C13H19NO5S/c1-9-7-10(2)12(20(14,16)17)8-11(9)13(15)19-6-4-5-18-3/h7-8H,4-6H2,1-3H3,(H2,14,16,17). The Kier molecular flexibility index (Phi) is 5.67. The van der Waals surface area contributed by atoms with Gasteiger partial charge in [-0.05, 0) is 31.0 Å². The zero-order chi connectivity index (χ0) is 15.3. The first kappa shape index (κ1) is 16.6. The summed E-state index contributed by atoms with van der Waals surface area (Å²) in [5.74, 6) is -0.566. The van der Waals surface area contributed by atoms with Gasteiger partial charge in [0.15, 0.2) is 0 Å². The summed E-state index contributed by atoms with van der Waals surface area (Å²) in [5, 5.41) is 5.12. The number of carbonyl (C=O) groups is 1. The van der Waals surface area contributed by atoms with Crippen molar-refractivity contribution >= 4 is 16.0 Å². The second-order valence-corrected chi connectivity index (χ2v) is 5.99. The maximum absolute atomic E-state index is 11.9. The number of hydrogen-bond donors (Lipinski definition) is 1. The first-order valence-corrected chi connectivity index (χ1v) is 7.62. The number of hydrogen-bond acceptors (Lipinski definition) is 5. The number of esters is 1. The maximum atomic E-state index is 11.9. The smallest absolute Gasteiger partial charge is 0.338 e. The van der Waals surface area contributed by atoms with Gasteiger partial charge in [-0.3, -0.25) is 0 Å². The highest BCUT2D eigenvalue weighted by molar-refractivity contribution is 7.89. The number of ether oxygens (including phenoxy) is 2. The van der Waals surface area contributed by atoms with Crippen molar-refractivity contribution in [2.24, 2.45) is 5.14 Å². The third-order valence-electron chi connectivity index (χ3n) is 2.77. The van der Waals surface area contributed by atoms with E-state index in [0.717, 1.165) is 0 Å². The molecule has 0 radical (unpaired) electrons. The van der Waals surface area contributed by atoms with Crippen LogP contribution >= 0.6 is 0 Å². The molecule has 0 unspecified atom stereocenters.